The maximum absolute atomic E-state index is 13.7. The Morgan fingerprint density at radius 3 is 2.19 bits per heavy atom. The fourth-order valence-electron chi connectivity index (χ4n) is 4.40. The molecule has 1 amide bonds. The van der Waals surface area contributed by atoms with Gasteiger partial charge in [0, 0.05) is 28.8 Å². The fraction of sp³-hybridized carbons (Fsp3) is 0.120. The van der Waals surface area contributed by atoms with Gasteiger partial charge in [-0.05, 0) is 37.3 Å². The summed E-state index contributed by atoms with van der Waals surface area (Å²) in [5.41, 5.74) is 0.271. The highest BCUT2D eigenvalue weighted by atomic mass is 35.5. The zero-order valence-electron chi connectivity index (χ0n) is 17.5. The van der Waals surface area contributed by atoms with Crippen molar-refractivity contribution in [3.63, 3.8) is 0 Å². The number of fused-ring (bicyclic) bond motifs is 1. The summed E-state index contributed by atoms with van der Waals surface area (Å²) >= 11 is 6.07. The van der Waals surface area contributed by atoms with Gasteiger partial charge in [0.2, 0.25) is 0 Å². The van der Waals surface area contributed by atoms with E-state index in [4.69, 9.17) is 11.6 Å². The normalized spacial score (nSPS) is 17.6. The molecule has 1 N–H and O–H groups in total. The molecule has 0 spiro atoms. The topological polar surface area (TPSA) is 67.5 Å². The van der Waals surface area contributed by atoms with E-state index in [0.29, 0.717) is 33.1 Å². The summed E-state index contributed by atoms with van der Waals surface area (Å²) in [6.45, 7) is 1.76. The van der Waals surface area contributed by atoms with Gasteiger partial charge < -0.3 is 5.11 Å². The zero-order chi connectivity index (χ0) is 22.6. The van der Waals surface area contributed by atoms with Crippen LogP contribution in [0.25, 0.3) is 5.69 Å². The summed E-state index contributed by atoms with van der Waals surface area (Å²) in [5.74, 6) is -0.441. The van der Waals surface area contributed by atoms with Gasteiger partial charge in [-0.15, -0.1) is 0 Å². The van der Waals surface area contributed by atoms with Crippen LogP contribution in [0.2, 0.25) is 5.02 Å². The molecule has 32 heavy (non-hydrogen) atoms. The van der Waals surface area contributed by atoms with Crippen molar-refractivity contribution in [3.8, 4) is 5.69 Å². The van der Waals surface area contributed by atoms with Crippen LogP contribution >= 0.6 is 11.6 Å². The molecule has 0 unspecified atom stereocenters. The Balaban J connectivity index is 1.81. The van der Waals surface area contributed by atoms with E-state index in [1.54, 1.807) is 67.2 Å². The third-order valence-electron chi connectivity index (χ3n) is 6.05. The Hall–Kier alpha value is -3.61. The van der Waals surface area contributed by atoms with Crippen LogP contribution in [0.5, 0.6) is 0 Å². The Kier molecular flexibility index (Phi) is 4.58. The monoisotopic (exact) mass is 445 g/mol. The van der Waals surface area contributed by atoms with E-state index in [2.05, 4.69) is 0 Å². The van der Waals surface area contributed by atoms with E-state index in [9.17, 15) is 14.7 Å². The third kappa shape index (κ3) is 2.70. The van der Waals surface area contributed by atoms with Crippen molar-refractivity contribution in [1.82, 2.24) is 9.36 Å². The van der Waals surface area contributed by atoms with Gasteiger partial charge in [0.25, 0.3) is 11.5 Å². The van der Waals surface area contributed by atoms with Crippen LogP contribution in [0.1, 0.15) is 27.2 Å². The molecule has 1 aromatic heterocycles. The first-order chi connectivity index (χ1) is 15.4. The van der Waals surface area contributed by atoms with Crippen LogP contribution < -0.4 is 10.5 Å². The molecular weight excluding hydrogens is 426 g/mol. The van der Waals surface area contributed by atoms with E-state index in [0.717, 1.165) is 0 Å². The first-order valence-electron chi connectivity index (χ1n) is 10.1. The molecule has 0 saturated carbocycles. The van der Waals surface area contributed by atoms with Crippen LogP contribution in [0, 0.1) is 6.92 Å². The summed E-state index contributed by atoms with van der Waals surface area (Å²) in [6.07, 6.45) is 0. The Morgan fingerprint density at radius 1 is 0.875 bits per heavy atom. The SMILES string of the molecule is Cc1c(N2C(=O)c3ccccc3[C@]2(O)c2ccc(Cl)cc2)c(=O)n(-c2ccccc2)n1C. The standard InChI is InChI=1S/C25H20ClN3O3/c1-16-22(24(31)29(27(16)2)19-8-4-3-5-9-19)28-23(30)20-10-6-7-11-21(20)25(28,32)17-12-14-18(26)15-13-17/h3-15,32H,1-2H3/t25-/m1/s1. The fourth-order valence-corrected chi connectivity index (χ4v) is 4.53. The predicted octanol–water partition coefficient (Wildman–Crippen LogP) is 3.99. The van der Waals surface area contributed by atoms with Crippen molar-refractivity contribution in [2.45, 2.75) is 12.6 Å². The number of anilines is 1. The van der Waals surface area contributed by atoms with Crippen molar-refractivity contribution in [3.05, 3.63) is 117 Å². The molecule has 3 aromatic carbocycles. The van der Waals surface area contributed by atoms with Gasteiger partial charge >= 0.3 is 0 Å². The second-order valence-corrected chi connectivity index (χ2v) is 8.21. The van der Waals surface area contributed by atoms with Gasteiger partial charge in [0.1, 0.15) is 5.69 Å². The molecule has 5 rings (SSSR count). The number of benzene rings is 3. The Morgan fingerprint density at radius 2 is 1.50 bits per heavy atom. The van der Waals surface area contributed by atoms with E-state index in [1.807, 2.05) is 30.3 Å². The number of amides is 1. The maximum Gasteiger partial charge on any atom is 0.295 e. The molecule has 1 aliphatic heterocycles. The molecule has 1 atom stereocenters. The van der Waals surface area contributed by atoms with Crippen LogP contribution in [0.4, 0.5) is 5.69 Å². The minimum atomic E-state index is -1.86. The molecular formula is C25H20ClN3O3. The minimum Gasteiger partial charge on any atom is -0.363 e. The van der Waals surface area contributed by atoms with Gasteiger partial charge in [-0.1, -0.05) is 60.1 Å². The highest BCUT2D eigenvalue weighted by Gasteiger charge is 2.52. The molecule has 0 radical (unpaired) electrons. The number of carbonyl (C=O) groups excluding carboxylic acids is 1. The minimum absolute atomic E-state index is 0.120. The molecule has 4 aromatic rings. The smallest absolute Gasteiger partial charge is 0.295 e. The number of halogens is 1. The van der Waals surface area contributed by atoms with Gasteiger partial charge in [-0.2, -0.15) is 0 Å². The van der Waals surface area contributed by atoms with Gasteiger partial charge in [-0.25, -0.2) is 4.68 Å². The van der Waals surface area contributed by atoms with Crippen LogP contribution in [0.15, 0.2) is 83.7 Å². The predicted molar refractivity (Wildman–Crippen MR) is 123 cm³/mol. The summed E-state index contributed by atoms with van der Waals surface area (Å²) in [5, 5.41) is 12.6. The van der Waals surface area contributed by atoms with Crippen molar-refractivity contribution in [2.24, 2.45) is 7.05 Å². The molecule has 2 heterocycles. The molecule has 0 fully saturated rings. The lowest BCUT2D eigenvalue weighted by Crippen LogP contribution is -2.47. The lowest BCUT2D eigenvalue weighted by atomic mass is 9.93. The molecule has 7 heteroatoms. The number of aliphatic hydroxyl groups is 1. The third-order valence-corrected chi connectivity index (χ3v) is 6.31. The number of rotatable bonds is 3. The molecule has 160 valence electrons. The largest absolute Gasteiger partial charge is 0.363 e. The zero-order valence-corrected chi connectivity index (χ0v) is 18.2. The van der Waals surface area contributed by atoms with E-state index in [-0.39, 0.29) is 5.69 Å². The average Bonchev–Trinajstić information content (AvgIpc) is 3.16. The Labute approximate surface area is 189 Å². The maximum atomic E-state index is 13.7. The van der Waals surface area contributed by atoms with Crippen LogP contribution in [-0.4, -0.2) is 20.4 Å². The summed E-state index contributed by atoms with van der Waals surface area (Å²) in [4.78, 5) is 28.5. The highest BCUT2D eigenvalue weighted by molar-refractivity contribution is 6.30. The number of aromatic nitrogens is 2. The number of nitrogens with zero attached hydrogens (tertiary/aromatic N) is 3. The second kappa shape index (κ2) is 7.22. The van der Waals surface area contributed by atoms with Gasteiger partial charge in [0.05, 0.1) is 11.4 Å². The summed E-state index contributed by atoms with van der Waals surface area (Å²) in [7, 11) is 1.75. The van der Waals surface area contributed by atoms with Crippen molar-refractivity contribution < 1.29 is 9.90 Å². The molecule has 0 aliphatic carbocycles. The number of carbonyl (C=O) groups is 1. The number of hydrogen-bond acceptors (Lipinski definition) is 3. The summed E-state index contributed by atoms with van der Waals surface area (Å²) < 4.78 is 3.18. The lowest BCUT2D eigenvalue weighted by Gasteiger charge is -2.34. The van der Waals surface area contributed by atoms with Crippen molar-refractivity contribution >= 4 is 23.2 Å². The lowest BCUT2D eigenvalue weighted by molar-refractivity contribution is 0.0701. The van der Waals surface area contributed by atoms with E-state index in [1.165, 1.54) is 9.58 Å². The molecule has 6 nitrogen and oxygen atoms in total. The number of hydrogen-bond donors (Lipinski definition) is 1. The molecule has 1 aliphatic rings. The first-order valence-corrected chi connectivity index (χ1v) is 10.5. The second-order valence-electron chi connectivity index (χ2n) is 7.78. The quantitative estimate of drug-likeness (QED) is 0.518. The van der Waals surface area contributed by atoms with E-state index >= 15 is 0 Å². The summed E-state index contributed by atoms with van der Waals surface area (Å²) in [6, 6.07) is 22.7. The number of para-hydroxylation sites is 1. The molecule has 0 bridgehead atoms. The van der Waals surface area contributed by atoms with E-state index < -0.39 is 17.2 Å². The van der Waals surface area contributed by atoms with Gasteiger partial charge in [-0.3, -0.25) is 19.2 Å². The van der Waals surface area contributed by atoms with Gasteiger partial charge in [0.15, 0.2) is 5.72 Å². The molecule has 0 saturated heterocycles. The van der Waals surface area contributed by atoms with Crippen LogP contribution in [0.3, 0.4) is 0 Å². The first kappa shape index (κ1) is 20.3. The Bertz CT molecular complexity index is 1410. The van der Waals surface area contributed by atoms with Crippen molar-refractivity contribution in [2.75, 3.05) is 4.90 Å². The van der Waals surface area contributed by atoms with Crippen molar-refractivity contribution in [1.29, 1.82) is 0 Å². The van der Waals surface area contributed by atoms with Crippen LogP contribution in [-0.2, 0) is 12.8 Å². The highest BCUT2D eigenvalue weighted by Crippen LogP contribution is 2.45. The average molecular weight is 446 g/mol.